The van der Waals surface area contributed by atoms with Crippen LogP contribution in [0.1, 0.15) is 45.4 Å². The molecule has 0 radical (unpaired) electrons. The van der Waals surface area contributed by atoms with Gasteiger partial charge in [0.05, 0.1) is 0 Å². The lowest BCUT2D eigenvalue weighted by Crippen LogP contribution is -2.01. The second-order valence-electron chi connectivity index (χ2n) is 3.22. The van der Waals surface area contributed by atoms with Gasteiger partial charge in [-0.1, -0.05) is 54.6 Å². The van der Waals surface area contributed by atoms with Gasteiger partial charge in [0.2, 0.25) is 0 Å². The molecule has 0 spiro atoms. The highest BCUT2D eigenvalue weighted by molar-refractivity contribution is 6.67. The van der Waals surface area contributed by atoms with Gasteiger partial charge in [0.25, 0.3) is 0 Å². The molecule has 0 bridgehead atoms. The fraction of sp³-hybridized carbons (Fsp3) is 1.00. The molecule has 0 fully saturated rings. The van der Waals surface area contributed by atoms with Crippen LogP contribution in [0, 0.1) is 0 Å². The Kier molecular flexibility index (Phi) is 8.12. The summed E-state index contributed by atoms with van der Waals surface area (Å²) in [7, 11) is 0. The molecule has 0 amide bonds. The molecule has 0 N–H and O–H groups in total. The van der Waals surface area contributed by atoms with E-state index in [-0.39, 0.29) is 0 Å². The van der Waals surface area contributed by atoms with E-state index in [0.29, 0.717) is 11.8 Å². The average Bonchev–Trinajstić information content (AvgIpc) is 2.01. The fourth-order valence-corrected chi connectivity index (χ4v) is 1.63. The summed E-state index contributed by atoms with van der Waals surface area (Å²) in [6, 6.07) is 0. The minimum Gasteiger partial charge on any atom is -0.123 e. The minimum absolute atomic E-state index is 0.313. The van der Waals surface area contributed by atoms with E-state index in [2.05, 4.69) is 6.92 Å². The van der Waals surface area contributed by atoms with Crippen molar-refractivity contribution in [2.45, 2.75) is 54.6 Å². The molecule has 0 aliphatic rings. The number of halogens is 4. The first-order valence-corrected chi connectivity index (χ1v) is 6.23. The van der Waals surface area contributed by atoms with Crippen molar-refractivity contribution in [3.63, 3.8) is 0 Å². The Bertz CT molecular complexity index is 119. The van der Waals surface area contributed by atoms with Crippen molar-refractivity contribution in [2.75, 3.05) is 0 Å². The van der Waals surface area contributed by atoms with Gasteiger partial charge in [-0.05, 0) is 25.7 Å². The van der Waals surface area contributed by atoms with Crippen LogP contribution in [0.25, 0.3) is 0 Å². The van der Waals surface area contributed by atoms with Crippen LogP contribution in [0.2, 0.25) is 0 Å². The Labute approximate surface area is 101 Å². The summed E-state index contributed by atoms with van der Waals surface area (Å²) in [5, 5.41) is 0.313. The Hall–Kier alpha value is 1.16. The summed E-state index contributed by atoms with van der Waals surface area (Å²) in [6.07, 6.45) is 5.92. The first-order valence-electron chi connectivity index (χ1n) is 4.66. The minimum atomic E-state index is -1.08. The molecule has 0 aliphatic carbocycles. The lowest BCUT2D eigenvalue weighted by Gasteiger charge is -2.10. The number of hydrogen-bond donors (Lipinski definition) is 0. The molecule has 0 heterocycles. The Balaban J connectivity index is 3.18. The van der Waals surface area contributed by atoms with Crippen LogP contribution < -0.4 is 0 Å². The van der Waals surface area contributed by atoms with Gasteiger partial charge in [-0.2, -0.15) is 0 Å². The normalized spacial score (nSPS) is 14.5. The SMILES string of the molecule is CCC(Cl)CCCCCC(Cl)(Cl)Cl. The monoisotopic (exact) mass is 264 g/mol. The van der Waals surface area contributed by atoms with Crippen molar-refractivity contribution >= 4 is 46.4 Å². The zero-order valence-corrected chi connectivity index (χ0v) is 10.9. The molecule has 80 valence electrons. The maximum absolute atomic E-state index is 5.96. The number of hydrogen-bond acceptors (Lipinski definition) is 0. The third-order valence-corrected chi connectivity index (χ3v) is 3.01. The van der Waals surface area contributed by atoms with Crippen molar-refractivity contribution in [1.82, 2.24) is 0 Å². The zero-order chi connectivity index (χ0) is 10.3. The molecule has 0 saturated heterocycles. The van der Waals surface area contributed by atoms with Gasteiger partial charge in [0, 0.05) is 5.38 Å². The van der Waals surface area contributed by atoms with E-state index in [9.17, 15) is 0 Å². The lowest BCUT2D eigenvalue weighted by atomic mass is 10.1. The maximum Gasteiger partial charge on any atom is 0.190 e. The number of unbranched alkanes of at least 4 members (excludes halogenated alkanes) is 2. The fourth-order valence-electron chi connectivity index (χ4n) is 1.07. The van der Waals surface area contributed by atoms with E-state index in [1.807, 2.05) is 0 Å². The van der Waals surface area contributed by atoms with Gasteiger partial charge in [-0.25, -0.2) is 0 Å². The molecule has 1 unspecified atom stereocenters. The molecule has 4 heteroatoms. The molecule has 0 saturated carbocycles. The lowest BCUT2D eigenvalue weighted by molar-refractivity contribution is 0.597. The second-order valence-corrected chi connectivity index (χ2v) is 6.35. The van der Waals surface area contributed by atoms with Crippen LogP contribution >= 0.6 is 46.4 Å². The quantitative estimate of drug-likeness (QED) is 0.450. The third-order valence-electron chi connectivity index (χ3n) is 1.92. The molecule has 0 aromatic carbocycles. The van der Waals surface area contributed by atoms with Crippen LogP contribution in [0.15, 0.2) is 0 Å². The molecule has 0 nitrogen and oxygen atoms in total. The van der Waals surface area contributed by atoms with Gasteiger partial charge in [-0.15, -0.1) is 11.6 Å². The maximum atomic E-state index is 5.96. The molecule has 0 rings (SSSR count). The highest BCUT2D eigenvalue weighted by Gasteiger charge is 2.18. The molecular weight excluding hydrogens is 250 g/mol. The van der Waals surface area contributed by atoms with E-state index < -0.39 is 3.79 Å². The van der Waals surface area contributed by atoms with Gasteiger partial charge < -0.3 is 0 Å². The van der Waals surface area contributed by atoms with Crippen LogP contribution in [0.3, 0.4) is 0 Å². The molecule has 0 aromatic rings. The zero-order valence-electron chi connectivity index (χ0n) is 7.83. The largest absolute Gasteiger partial charge is 0.190 e. The van der Waals surface area contributed by atoms with Gasteiger partial charge in [0.15, 0.2) is 3.79 Å². The van der Waals surface area contributed by atoms with Crippen LogP contribution in [0.4, 0.5) is 0 Å². The average molecular weight is 266 g/mol. The topological polar surface area (TPSA) is 0 Å². The highest BCUT2D eigenvalue weighted by atomic mass is 35.6. The van der Waals surface area contributed by atoms with E-state index in [4.69, 9.17) is 46.4 Å². The van der Waals surface area contributed by atoms with E-state index in [0.717, 1.165) is 32.1 Å². The predicted octanol–water partition coefficient (Wildman–Crippen LogP) is 5.32. The van der Waals surface area contributed by atoms with Gasteiger partial charge in [-0.3, -0.25) is 0 Å². The Morgan fingerprint density at radius 3 is 2.15 bits per heavy atom. The van der Waals surface area contributed by atoms with Gasteiger partial charge >= 0.3 is 0 Å². The number of alkyl halides is 4. The third kappa shape index (κ3) is 11.1. The standard InChI is InChI=1S/C9H16Cl4/c1-2-8(10)6-4-3-5-7-9(11,12)13/h8H,2-7H2,1H3. The molecule has 0 aliphatic heterocycles. The molecule has 1 atom stereocenters. The second kappa shape index (κ2) is 7.45. The Morgan fingerprint density at radius 2 is 1.69 bits per heavy atom. The molecule has 13 heavy (non-hydrogen) atoms. The molecular formula is C9H16Cl4. The summed E-state index contributed by atoms with van der Waals surface area (Å²) in [4.78, 5) is 0. The number of rotatable bonds is 6. The summed E-state index contributed by atoms with van der Waals surface area (Å²) >= 11 is 22.8. The first kappa shape index (κ1) is 14.2. The predicted molar refractivity (Wildman–Crippen MR) is 63.3 cm³/mol. The Morgan fingerprint density at radius 1 is 1.08 bits per heavy atom. The van der Waals surface area contributed by atoms with Crippen LogP contribution in [0.5, 0.6) is 0 Å². The van der Waals surface area contributed by atoms with Crippen molar-refractivity contribution in [1.29, 1.82) is 0 Å². The van der Waals surface area contributed by atoms with E-state index in [1.54, 1.807) is 0 Å². The summed E-state index contributed by atoms with van der Waals surface area (Å²) in [6.45, 7) is 2.10. The smallest absolute Gasteiger partial charge is 0.123 e. The van der Waals surface area contributed by atoms with E-state index >= 15 is 0 Å². The van der Waals surface area contributed by atoms with Crippen molar-refractivity contribution in [2.24, 2.45) is 0 Å². The van der Waals surface area contributed by atoms with E-state index in [1.165, 1.54) is 0 Å². The highest BCUT2D eigenvalue weighted by Crippen LogP contribution is 2.32. The summed E-state index contributed by atoms with van der Waals surface area (Å²) in [5.41, 5.74) is 0. The van der Waals surface area contributed by atoms with Gasteiger partial charge in [0.1, 0.15) is 0 Å². The summed E-state index contributed by atoms with van der Waals surface area (Å²) < 4.78 is -1.08. The van der Waals surface area contributed by atoms with Crippen molar-refractivity contribution in [3.05, 3.63) is 0 Å². The van der Waals surface area contributed by atoms with Crippen LogP contribution in [-0.4, -0.2) is 9.17 Å². The molecule has 0 aromatic heterocycles. The van der Waals surface area contributed by atoms with Crippen molar-refractivity contribution < 1.29 is 0 Å². The van der Waals surface area contributed by atoms with Crippen LogP contribution in [-0.2, 0) is 0 Å². The van der Waals surface area contributed by atoms with Crippen molar-refractivity contribution in [3.8, 4) is 0 Å². The first-order chi connectivity index (χ1) is 5.95. The summed E-state index contributed by atoms with van der Waals surface area (Å²) in [5.74, 6) is 0.